The molecule has 0 fully saturated rings. The highest BCUT2D eigenvalue weighted by Gasteiger charge is 2.16. The minimum absolute atomic E-state index is 0.0391. The number of ether oxygens (including phenoxy) is 1. The molecule has 0 radical (unpaired) electrons. The second-order valence-electron chi connectivity index (χ2n) is 5.43. The fourth-order valence-electron chi connectivity index (χ4n) is 2.18. The summed E-state index contributed by atoms with van der Waals surface area (Å²) in [4.78, 5) is 0. The summed E-state index contributed by atoms with van der Waals surface area (Å²) < 4.78 is 5.67. The Morgan fingerprint density at radius 1 is 1.00 bits per heavy atom. The Balaban J connectivity index is 2.25. The van der Waals surface area contributed by atoms with Crippen molar-refractivity contribution in [1.29, 1.82) is 0 Å². The highest BCUT2D eigenvalue weighted by molar-refractivity contribution is 5.29. The van der Waals surface area contributed by atoms with Crippen molar-refractivity contribution in [2.45, 2.75) is 57.7 Å². The topological polar surface area (TPSA) is 75.7 Å². The van der Waals surface area contributed by atoms with Gasteiger partial charge in [-0.2, -0.15) is 0 Å². The average Bonchev–Trinajstić information content (AvgIpc) is 2.53. The number of aliphatic hydroxyl groups excluding tert-OH is 2. The van der Waals surface area contributed by atoms with Gasteiger partial charge in [-0.1, -0.05) is 51.2 Å². The van der Waals surface area contributed by atoms with E-state index in [1.54, 1.807) is 12.1 Å². The van der Waals surface area contributed by atoms with Gasteiger partial charge in [0.05, 0.1) is 12.7 Å². The van der Waals surface area contributed by atoms with Crippen LogP contribution in [0.1, 0.15) is 57.1 Å². The molecule has 0 spiro atoms. The number of unbranched alkanes of at least 4 members (excludes halogenated alkanes) is 5. The van der Waals surface area contributed by atoms with Crippen LogP contribution in [-0.4, -0.2) is 29.5 Å². The Morgan fingerprint density at radius 3 is 2.24 bits per heavy atom. The molecule has 120 valence electrons. The van der Waals surface area contributed by atoms with Crippen LogP contribution in [0.5, 0.6) is 5.75 Å². The maximum Gasteiger partial charge on any atom is 0.119 e. The molecule has 21 heavy (non-hydrogen) atoms. The molecule has 0 amide bonds. The molecule has 2 atom stereocenters. The zero-order chi connectivity index (χ0) is 15.5. The number of hydrogen-bond donors (Lipinski definition) is 3. The van der Waals surface area contributed by atoms with E-state index in [0.29, 0.717) is 5.56 Å². The van der Waals surface area contributed by atoms with Crippen molar-refractivity contribution >= 4 is 0 Å². The average molecular weight is 295 g/mol. The molecule has 1 rings (SSSR count). The van der Waals surface area contributed by atoms with Crippen LogP contribution >= 0.6 is 0 Å². The second-order valence-corrected chi connectivity index (χ2v) is 5.43. The van der Waals surface area contributed by atoms with Crippen molar-refractivity contribution in [2.24, 2.45) is 5.73 Å². The third kappa shape index (κ3) is 6.93. The van der Waals surface area contributed by atoms with Gasteiger partial charge in [0, 0.05) is 6.54 Å². The van der Waals surface area contributed by atoms with E-state index in [9.17, 15) is 10.2 Å². The molecule has 1 aromatic carbocycles. The summed E-state index contributed by atoms with van der Waals surface area (Å²) in [7, 11) is 0. The van der Waals surface area contributed by atoms with Crippen LogP contribution < -0.4 is 10.5 Å². The first-order valence-corrected chi connectivity index (χ1v) is 7.98. The van der Waals surface area contributed by atoms with Crippen LogP contribution in [0.25, 0.3) is 0 Å². The molecule has 0 aliphatic carbocycles. The lowest BCUT2D eigenvalue weighted by atomic mass is 10.0. The van der Waals surface area contributed by atoms with E-state index in [1.165, 1.54) is 32.1 Å². The third-order valence-electron chi connectivity index (χ3n) is 3.59. The van der Waals surface area contributed by atoms with Gasteiger partial charge in [0.15, 0.2) is 0 Å². The highest BCUT2D eigenvalue weighted by atomic mass is 16.5. The van der Waals surface area contributed by atoms with E-state index in [4.69, 9.17) is 10.5 Å². The van der Waals surface area contributed by atoms with Crippen LogP contribution in [0.15, 0.2) is 24.3 Å². The molecular formula is C17H29NO3. The number of rotatable bonds is 11. The molecule has 4 nitrogen and oxygen atoms in total. The van der Waals surface area contributed by atoms with E-state index in [0.717, 1.165) is 18.8 Å². The lowest BCUT2D eigenvalue weighted by molar-refractivity contribution is 0.0243. The first kappa shape index (κ1) is 18.0. The van der Waals surface area contributed by atoms with Gasteiger partial charge in [0.25, 0.3) is 0 Å². The molecule has 0 heterocycles. The fourth-order valence-corrected chi connectivity index (χ4v) is 2.18. The molecule has 4 heteroatoms. The van der Waals surface area contributed by atoms with Gasteiger partial charge in [-0.25, -0.2) is 0 Å². The monoisotopic (exact) mass is 295 g/mol. The number of benzene rings is 1. The summed E-state index contributed by atoms with van der Waals surface area (Å²) in [5.74, 6) is 0.793. The molecule has 0 saturated carbocycles. The summed E-state index contributed by atoms with van der Waals surface area (Å²) in [6.07, 6.45) is 5.58. The lowest BCUT2D eigenvalue weighted by Crippen LogP contribution is -2.27. The van der Waals surface area contributed by atoms with E-state index in [2.05, 4.69) is 6.92 Å². The standard InChI is InChI=1S/C17H29NO3/c1-2-3-4-5-6-7-12-21-15-10-8-14(9-11-15)17(20)16(19)13-18/h8-11,16-17,19-20H,2-7,12-13,18H2,1H3. The van der Waals surface area contributed by atoms with Crippen molar-refractivity contribution in [1.82, 2.24) is 0 Å². The summed E-state index contributed by atoms with van der Waals surface area (Å²) >= 11 is 0. The van der Waals surface area contributed by atoms with Crippen molar-refractivity contribution in [2.75, 3.05) is 13.2 Å². The summed E-state index contributed by atoms with van der Waals surface area (Å²) in [5, 5.41) is 19.3. The molecule has 0 saturated heterocycles. The number of aliphatic hydroxyl groups is 2. The first-order chi connectivity index (χ1) is 10.2. The minimum atomic E-state index is -0.942. The zero-order valence-electron chi connectivity index (χ0n) is 13.0. The van der Waals surface area contributed by atoms with Gasteiger partial charge in [-0.3, -0.25) is 0 Å². The Bertz CT molecular complexity index is 367. The van der Waals surface area contributed by atoms with Crippen molar-refractivity contribution in [3.8, 4) is 5.75 Å². The van der Waals surface area contributed by atoms with E-state index in [1.807, 2.05) is 12.1 Å². The van der Waals surface area contributed by atoms with Gasteiger partial charge < -0.3 is 20.7 Å². The molecule has 0 aliphatic rings. The van der Waals surface area contributed by atoms with Gasteiger partial charge in [0.1, 0.15) is 11.9 Å². The van der Waals surface area contributed by atoms with E-state index in [-0.39, 0.29) is 6.54 Å². The molecule has 0 aromatic heterocycles. The maximum absolute atomic E-state index is 9.83. The Kier molecular flexibility index (Phi) is 9.06. The SMILES string of the molecule is CCCCCCCCOc1ccc(C(O)C(O)CN)cc1. The second kappa shape index (κ2) is 10.6. The van der Waals surface area contributed by atoms with Crippen LogP contribution in [0.2, 0.25) is 0 Å². The Hall–Kier alpha value is -1.10. The summed E-state index contributed by atoms with van der Waals surface area (Å²) in [5.41, 5.74) is 5.98. The molecule has 1 aromatic rings. The minimum Gasteiger partial charge on any atom is -0.494 e. The predicted octanol–water partition coefficient (Wildman–Crippen LogP) is 2.78. The largest absolute Gasteiger partial charge is 0.494 e. The van der Waals surface area contributed by atoms with Gasteiger partial charge in [0.2, 0.25) is 0 Å². The van der Waals surface area contributed by atoms with Crippen LogP contribution in [0.4, 0.5) is 0 Å². The van der Waals surface area contributed by atoms with Gasteiger partial charge >= 0.3 is 0 Å². The zero-order valence-corrected chi connectivity index (χ0v) is 13.0. The molecule has 0 aliphatic heterocycles. The molecule has 2 unspecified atom stereocenters. The van der Waals surface area contributed by atoms with Crippen LogP contribution in [-0.2, 0) is 0 Å². The molecule has 0 bridgehead atoms. The fraction of sp³-hybridized carbons (Fsp3) is 0.647. The van der Waals surface area contributed by atoms with E-state index < -0.39 is 12.2 Å². The van der Waals surface area contributed by atoms with Gasteiger partial charge in [-0.05, 0) is 24.1 Å². The van der Waals surface area contributed by atoms with Crippen LogP contribution in [0.3, 0.4) is 0 Å². The number of hydrogen-bond acceptors (Lipinski definition) is 4. The first-order valence-electron chi connectivity index (χ1n) is 7.98. The van der Waals surface area contributed by atoms with Crippen LogP contribution in [0, 0.1) is 0 Å². The quantitative estimate of drug-likeness (QED) is 0.549. The van der Waals surface area contributed by atoms with Crippen molar-refractivity contribution < 1.29 is 14.9 Å². The summed E-state index contributed by atoms with van der Waals surface area (Å²) in [6, 6.07) is 7.16. The molecule has 4 N–H and O–H groups in total. The Morgan fingerprint density at radius 2 is 1.62 bits per heavy atom. The normalized spacial score (nSPS) is 13.9. The maximum atomic E-state index is 9.83. The third-order valence-corrected chi connectivity index (χ3v) is 3.59. The van der Waals surface area contributed by atoms with Crippen molar-refractivity contribution in [3.63, 3.8) is 0 Å². The van der Waals surface area contributed by atoms with Gasteiger partial charge in [-0.15, -0.1) is 0 Å². The predicted molar refractivity (Wildman–Crippen MR) is 85.3 cm³/mol. The van der Waals surface area contributed by atoms with E-state index >= 15 is 0 Å². The lowest BCUT2D eigenvalue weighted by Gasteiger charge is -2.16. The van der Waals surface area contributed by atoms with Crippen molar-refractivity contribution in [3.05, 3.63) is 29.8 Å². The highest BCUT2D eigenvalue weighted by Crippen LogP contribution is 2.20. The summed E-state index contributed by atoms with van der Waals surface area (Å²) in [6.45, 7) is 2.98. The Labute approximate surface area is 127 Å². The molecular weight excluding hydrogens is 266 g/mol. The smallest absolute Gasteiger partial charge is 0.119 e. The number of nitrogens with two attached hydrogens (primary N) is 1.